The first-order valence-electron chi connectivity index (χ1n) is 8.74. The zero-order valence-electron chi connectivity index (χ0n) is 15.6. The highest BCUT2D eigenvalue weighted by molar-refractivity contribution is 6.79. The van der Waals surface area contributed by atoms with Crippen molar-refractivity contribution in [3.05, 3.63) is 35.1 Å². The summed E-state index contributed by atoms with van der Waals surface area (Å²) < 4.78 is 11.2. The summed E-state index contributed by atoms with van der Waals surface area (Å²) in [5.41, 5.74) is 1.36. The van der Waals surface area contributed by atoms with Crippen LogP contribution >= 0.6 is 0 Å². The molecule has 0 atom stereocenters. The monoisotopic (exact) mass is 324 g/mol. The molecule has 2 nitrogen and oxygen atoms in total. The number of unbranched alkanes of at least 4 members (excludes halogenated alkanes) is 3. The van der Waals surface area contributed by atoms with Gasteiger partial charge in [0.05, 0.1) is 0 Å². The maximum absolute atomic E-state index is 6.08. The lowest BCUT2D eigenvalue weighted by Gasteiger charge is -2.27. The summed E-state index contributed by atoms with van der Waals surface area (Å²) in [6, 6.07) is 0. The highest BCUT2D eigenvalue weighted by atomic mass is 28.4. The molecule has 0 spiro atoms. The second kappa shape index (κ2) is 12.9. The van der Waals surface area contributed by atoms with E-state index in [0.29, 0.717) is 6.79 Å². The van der Waals surface area contributed by atoms with Gasteiger partial charge in [0.15, 0.2) is 0 Å². The van der Waals surface area contributed by atoms with Gasteiger partial charge in [-0.3, -0.25) is 0 Å². The lowest BCUT2D eigenvalue weighted by Crippen LogP contribution is -2.35. The molecule has 0 N–H and O–H groups in total. The molecule has 0 unspecified atom stereocenters. The van der Waals surface area contributed by atoms with Crippen molar-refractivity contribution in [2.75, 3.05) is 13.9 Å². The molecular formula is C19H36O2Si. The number of methoxy groups -OCH3 is 1. The van der Waals surface area contributed by atoms with Crippen molar-refractivity contribution in [3.8, 4) is 0 Å². The number of hydrogen-bond donors (Lipinski definition) is 0. The molecule has 0 amide bonds. The molecule has 0 radical (unpaired) electrons. The predicted octanol–water partition coefficient (Wildman–Crippen LogP) is 6.16. The zero-order chi connectivity index (χ0) is 16.8. The highest BCUT2D eigenvalue weighted by Gasteiger charge is 2.29. The van der Waals surface area contributed by atoms with Crippen molar-refractivity contribution in [3.63, 3.8) is 0 Å². The van der Waals surface area contributed by atoms with Gasteiger partial charge < -0.3 is 9.16 Å². The highest BCUT2D eigenvalue weighted by Crippen LogP contribution is 2.27. The Labute approximate surface area is 139 Å². The molecule has 128 valence electrons. The van der Waals surface area contributed by atoms with Crippen molar-refractivity contribution in [2.24, 2.45) is 0 Å². The summed E-state index contributed by atoms with van der Waals surface area (Å²) in [7, 11) is -0.258. The lowest BCUT2D eigenvalue weighted by molar-refractivity contribution is 0.0463. The molecule has 0 saturated carbocycles. The first kappa shape index (κ1) is 21.4. The minimum absolute atomic E-state index is 0.377. The smallest absolute Gasteiger partial charge is 0.221 e. The van der Waals surface area contributed by atoms with Gasteiger partial charge in [-0.05, 0) is 43.1 Å². The minimum atomic E-state index is -1.95. The van der Waals surface area contributed by atoms with Gasteiger partial charge in [0.25, 0.3) is 0 Å². The van der Waals surface area contributed by atoms with Crippen LogP contribution in [0.2, 0.25) is 13.1 Å². The van der Waals surface area contributed by atoms with E-state index < -0.39 is 8.32 Å². The molecule has 0 aliphatic carbocycles. The maximum Gasteiger partial charge on any atom is 0.221 e. The summed E-state index contributed by atoms with van der Waals surface area (Å²) in [4.78, 5) is 0. The molecular weight excluding hydrogens is 288 g/mol. The fraction of sp³-hybridized carbons (Fsp3) is 0.684. The largest absolute Gasteiger partial charge is 0.391 e. The third-order valence-corrected chi connectivity index (χ3v) is 6.17. The Morgan fingerprint density at radius 3 is 2.05 bits per heavy atom. The van der Waals surface area contributed by atoms with E-state index in [9.17, 15) is 0 Å². The third kappa shape index (κ3) is 8.72. The Hall–Kier alpha value is -0.643. The fourth-order valence-electron chi connectivity index (χ4n) is 2.23. The number of ether oxygens (including phenoxy) is 1. The van der Waals surface area contributed by atoms with Crippen LogP contribution in [0.4, 0.5) is 0 Å². The Morgan fingerprint density at radius 2 is 1.50 bits per heavy atom. The van der Waals surface area contributed by atoms with Crippen molar-refractivity contribution in [2.45, 2.75) is 72.4 Å². The molecule has 3 heteroatoms. The first-order valence-corrected chi connectivity index (χ1v) is 11.6. The van der Waals surface area contributed by atoms with Crippen LogP contribution in [0.1, 0.15) is 59.3 Å². The van der Waals surface area contributed by atoms with Gasteiger partial charge in [-0.1, -0.05) is 64.3 Å². The summed E-state index contributed by atoms with van der Waals surface area (Å²) in [5.74, 6) is 0. The van der Waals surface area contributed by atoms with E-state index in [4.69, 9.17) is 9.16 Å². The summed E-state index contributed by atoms with van der Waals surface area (Å²) >= 11 is 0. The normalized spacial score (nSPS) is 14.1. The summed E-state index contributed by atoms with van der Waals surface area (Å²) in [6.45, 7) is 11.6. The number of hydrogen-bond acceptors (Lipinski definition) is 2. The van der Waals surface area contributed by atoms with Crippen LogP contribution in [-0.4, -0.2) is 22.2 Å². The van der Waals surface area contributed by atoms with Crippen LogP contribution in [0.5, 0.6) is 0 Å². The summed E-state index contributed by atoms with van der Waals surface area (Å²) in [5, 5.41) is 1.41. The number of rotatable bonds is 12. The molecule has 0 aromatic heterocycles. The van der Waals surface area contributed by atoms with Gasteiger partial charge >= 0.3 is 0 Å². The van der Waals surface area contributed by atoms with Gasteiger partial charge in [-0.25, -0.2) is 0 Å². The molecule has 0 aliphatic heterocycles. The number of allylic oxidation sites excluding steroid dienone is 6. The Kier molecular flexibility index (Phi) is 12.5. The van der Waals surface area contributed by atoms with Gasteiger partial charge in [0.2, 0.25) is 8.32 Å². The molecule has 0 rings (SSSR count). The van der Waals surface area contributed by atoms with Gasteiger partial charge in [-0.15, -0.1) is 0 Å². The van der Waals surface area contributed by atoms with Crippen molar-refractivity contribution in [1.29, 1.82) is 0 Å². The molecule has 0 bridgehead atoms. The lowest BCUT2D eigenvalue weighted by atomic mass is 10.1. The van der Waals surface area contributed by atoms with Crippen molar-refractivity contribution >= 4 is 8.32 Å². The van der Waals surface area contributed by atoms with E-state index >= 15 is 0 Å². The molecule has 0 aliphatic rings. The topological polar surface area (TPSA) is 18.5 Å². The minimum Gasteiger partial charge on any atom is -0.391 e. The Morgan fingerprint density at radius 1 is 0.909 bits per heavy atom. The molecule has 0 fully saturated rings. The maximum atomic E-state index is 6.08. The van der Waals surface area contributed by atoms with Gasteiger partial charge in [0, 0.05) is 7.11 Å². The first-order chi connectivity index (χ1) is 10.5. The average molecular weight is 325 g/mol. The standard InChI is InChI=1S/C19H36O2Si/c1-7-10-13-15-18(14-11-8-2)19(16-12-9-3)22(5,6)21-17-20-4/h13-16H,7-12,17H2,1-6H3. The molecule has 0 aromatic rings. The van der Waals surface area contributed by atoms with Crippen LogP contribution < -0.4 is 0 Å². The van der Waals surface area contributed by atoms with Crippen molar-refractivity contribution < 1.29 is 9.16 Å². The molecule has 0 heterocycles. The molecule has 0 aromatic carbocycles. The van der Waals surface area contributed by atoms with Crippen LogP contribution in [0.3, 0.4) is 0 Å². The van der Waals surface area contributed by atoms with E-state index in [1.165, 1.54) is 23.6 Å². The Balaban J connectivity index is 5.46. The van der Waals surface area contributed by atoms with Crippen LogP contribution in [0, 0.1) is 0 Å². The van der Waals surface area contributed by atoms with E-state index in [0.717, 1.165) is 25.7 Å². The SMILES string of the molecule is CCCC=CC(=CCCC)C(=CCCC)[Si](C)(C)OCOC. The van der Waals surface area contributed by atoms with Crippen molar-refractivity contribution in [1.82, 2.24) is 0 Å². The van der Waals surface area contributed by atoms with E-state index in [2.05, 4.69) is 58.2 Å². The van der Waals surface area contributed by atoms with E-state index in [-0.39, 0.29) is 0 Å². The van der Waals surface area contributed by atoms with Gasteiger partial charge in [-0.2, -0.15) is 0 Å². The van der Waals surface area contributed by atoms with E-state index in [1.54, 1.807) is 7.11 Å². The van der Waals surface area contributed by atoms with Crippen LogP contribution in [-0.2, 0) is 9.16 Å². The average Bonchev–Trinajstić information content (AvgIpc) is 2.50. The second-order valence-corrected chi connectivity index (χ2v) is 9.95. The second-order valence-electron chi connectivity index (χ2n) is 6.11. The third-order valence-electron chi connectivity index (χ3n) is 3.54. The predicted molar refractivity (Wildman–Crippen MR) is 100 cm³/mol. The Bertz CT molecular complexity index is 368. The quantitative estimate of drug-likeness (QED) is 0.243. The summed E-state index contributed by atoms with van der Waals surface area (Å²) in [6.07, 6.45) is 16.2. The molecule has 0 saturated heterocycles. The molecule has 22 heavy (non-hydrogen) atoms. The van der Waals surface area contributed by atoms with E-state index in [1.807, 2.05) is 0 Å². The van der Waals surface area contributed by atoms with Gasteiger partial charge in [0.1, 0.15) is 6.79 Å². The van der Waals surface area contributed by atoms with Crippen LogP contribution in [0.25, 0.3) is 0 Å². The zero-order valence-corrected chi connectivity index (χ0v) is 16.6. The van der Waals surface area contributed by atoms with Crippen LogP contribution in [0.15, 0.2) is 35.1 Å². The fourth-order valence-corrected chi connectivity index (χ4v) is 4.31.